The minimum Gasteiger partial charge on any atom is -0.508 e. The first-order chi connectivity index (χ1) is 17.6. The Bertz CT molecular complexity index is 1630. The lowest BCUT2D eigenvalue weighted by molar-refractivity contribution is 0.0691. The topological polar surface area (TPSA) is 109 Å². The fraction of sp³-hybridized carbons (Fsp3) is 0.214. The summed E-state index contributed by atoms with van der Waals surface area (Å²) in [4.78, 5) is 28.5. The molecule has 2 aromatic carbocycles. The minimum atomic E-state index is -1.13. The third-order valence-corrected chi connectivity index (χ3v) is 6.58. The van der Waals surface area contributed by atoms with Crippen molar-refractivity contribution in [2.45, 2.75) is 12.8 Å². The Morgan fingerprint density at radius 1 is 0.889 bits per heavy atom. The number of hydrogen-bond acceptors (Lipinski definition) is 7. The summed E-state index contributed by atoms with van der Waals surface area (Å²) < 4.78 is 5.52. The highest BCUT2D eigenvalue weighted by molar-refractivity contribution is 6.02. The van der Waals surface area contributed by atoms with Crippen molar-refractivity contribution in [3.8, 4) is 28.1 Å². The molecule has 3 heterocycles. The molecule has 2 aromatic heterocycles. The number of anilines is 1. The number of phenols is 1. The first kappa shape index (κ1) is 22.2. The molecule has 1 aliphatic heterocycles. The maximum atomic E-state index is 12.2. The molecule has 0 spiro atoms. The van der Waals surface area contributed by atoms with Gasteiger partial charge >= 0.3 is 5.97 Å². The monoisotopic (exact) mass is 480 g/mol. The van der Waals surface area contributed by atoms with Gasteiger partial charge in [-0.2, -0.15) is 0 Å². The number of carboxylic acid groups (broad SMARTS) is 1. The standard InChI is InChI=1S/C28H24N4O4/c33-19-8-3-7-18(15-19)24-26-25(31-28(30-24)32-11-13-36-14-12-32)22(16-23(29-26)27(34)35)21-10-4-6-17-5-1-2-9-20(17)21/h3-10,15-16,33H,1-2,11-14H2,(H,34,35). The van der Waals surface area contributed by atoms with Gasteiger partial charge in [-0.05, 0) is 47.0 Å². The van der Waals surface area contributed by atoms with Crippen LogP contribution in [0.5, 0.6) is 5.75 Å². The van der Waals surface area contributed by atoms with Gasteiger partial charge in [0, 0.05) is 24.2 Å². The normalized spacial score (nSPS) is 15.2. The van der Waals surface area contributed by atoms with Gasteiger partial charge in [-0.1, -0.05) is 42.5 Å². The molecule has 4 aromatic rings. The molecule has 1 aliphatic carbocycles. The minimum absolute atomic E-state index is 0.0842. The molecular formula is C28H24N4O4. The number of rotatable bonds is 4. The van der Waals surface area contributed by atoms with Gasteiger partial charge in [0.2, 0.25) is 5.95 Å². The van der Waals surface area contributed by atoms with E-state index in [1.54, 1.807) is 24.3 Å². The number of pyridine rings is 1. The summed E-state index contributed by atoms with van der Waals surface area (Å²) in [7, 11) is 0. The zero-order chi connectivity index (χ0) is 24.6. The molecule has 6 rings (SSSR count). The first-order valence-corrected chi connectivity index (χ1v) is 12.0. The van der Waals surface area contributed by atoms with Crippen LogP contribution < -0.4 is 15.3 Å². The summed E-state index contributed by atoms with van der Waals surface area (Å²) in [5.41, 5.74) is 3.58. The Morgan fingerprint density at radius 3 is 2.50 bits per heavy atom. The molecule has 1 saturated heterocycles. The summed E-state index contributed by atoms with van der Waals surface area (Å²) in [6.07, 6.45) is 6.28. The third kappa shape index (κ3) is 3.95. The van der Waals surface area contributed by atoms with Crippen LogP contribution in [0.4, 0.5) is 5.95 Å². The molecule has 8 heteroatoms. The molecule has 2 N–H and O–H groups in total. The SMILES string of the molecule is O=C(O)c1cc(-c2cccc3c2=CCCC=3)c2nc(N3CCOCC3)nc(-c3cccc(O)c3)c2n1. The van der Waals surface area contributed by atoms with E-state index in [-0.39, 0.29) is 11.4 Å². The molecule has 8 nitrogen and oxygen atoms in total. The van der Waals surface area contributed by atoms with Gasteiger partial charge in [-0.15, -0.1) is 0 Å². The Morgan fingerprint density at radius 2 is 1.69 bits per heavy atom. The molecule has 36 heavy (non-hydrogen) atoms. The van der Waals surface area contributed by atoms with E-state index < -0.39 is 5.97 Å². The van der Waals surface area contributed by atoms with Crippen LogP contribution >= 0.6 is 0 Å². The summed E-state index contributed by atoms with van der Waals surface area (Å²) >= 11 is 0. The van der Waals surface area contributed by atoms with E-state index in [4.69, 9.17) is 14.7 Å². The van der Waals surface area contributed by atoms with E-state index in [9.17, 15) is 15.0 Å². The molecule has 1 fully saturated rings. The number of morpholine rings is 1. The number of aromatic nitrogens is 3. The van der Waals surface area contributed by atoms with Gasteiger partial charge in [0.25, 0.3) is 0 Å². The average Bonchev–Trinajstić information content (AvgIpc) is 2.92. The summed E-state index contributed by atoms with van der Waals surface area (Å²) in [6, 6.07) is 14.4. The van der Waals surface area contributed by atoms with Crippen molar-refractivity contribution >= 4 is 35.1 Å². The summed E-state index contributed by atoms with van der Waals surface area (Å²) in [5, 5.41) is 22.3. The molecule has 2 aliphatic rings. The Balaban J connectivity index is 1.72. The highest BCUT2D eigenvalue weighted by Gasteiger charge is 2.23. The van der Waals surface area contributed by atoms with Gasteiger partial charge in [-0.25, -0.2) is 19.7 Å². The van der Waals surface area contributed by atoms with Crippen LogP contribution in [0.1, 0.15) is 23.3 Å². The van der Waals surface area contributed by atoms with Crippen LogP contribution in [0.15, 0.2) is 48.5 Å². The van der Waals surface area contributed by atoms with E-state index in [1.807, 2.05) is 18.2 Å². The molecular weight excluding hydrogens is 456 g/mol. The lowest BCUT2D eigenvalue weighted by atomic mass is 9.96. The predicted molar refractivity (Wildman–Crippen MR) is 137 cm³/mol. The van der Waals surface area contributed by atoms with E-state index in [0.29, 0.717) is 60.1 Å². The quantitative estimate of drug-likeness (QED) is 0.459. The number of aromatic hydroxyl groups is 1. The van der Waals surface area contributed by atoms with Gasteiger partial charge in [0.1, 0.15) is 28.2 Å². The van der Waals surface area contributed by atoms with Crippen molar-refractivity contribution in [2.75, 3.05) is 31.2 Å². The average molecular weight is 481 g/mol. The Labute approximate surface area is 206 Å². The number of fused-ring (bicyclic) bond motifs is 2. The number of nitrogens with zero attached hydrogens (tertiary/aromatic N) is 4. The van der Waals surface area contributed by atoms with E-state index in [2.05, 4.69) is 28.1 Å². The van der Waals surface area contributed by atoms with Crippen LogP contribution in [-0.2, 0) is 4.74 Å². The van der Waals surface area contributed by atoms with E-state index >= 15 is 0 Å². The third-order valence-electron chi connectivity index (χ3n) is 6.58. The van der Waals surface area contributed by atoms with Crippen LogP contribution in [0.25, 0.3) is 45.6 Å². The lowest BCUT2D eigenvalue weighted by Gasteiger charge is -2.27. The summed E-state index contributed by atoms with van der Waals surface area (Å²) in [5.74, 6) is -0.516. The summed E-state index contributed by atoms with van der Waals surface area (Å²) in [6.45, 7) is 2.43. The van der Waals surface area contributed by atoms with Crippen LogP contribution in [-0.4, -0.2) is 57.4 Å². The second-order valence-corrected chi connectivity index (χ2v) is 8.87. The predicted octanol–water partition coefficient (Wildman–Crippen LogP) is 2.95. The fourth-order valence-electron chi connectivity index (χ4n) is 4.86. The number of carboxylic acids is 1. The molecule has 0 saturated carbocycles. The van der Waals surface area contributed by atoms with Crippen molar-refractivity contribution < 1.29 is 19.7 Å². The van der Waals surface area contributed by atoms with Crippen molar-refractivity contribution in [1.82, 2.24) is 15.0 Å². The number of hydrogen-bond donors (Lipinski definition) is 2. The fourth-order valence-corrected chi connectivity index (χ4v) is 4.86. The van der Waals surface area contributed by atoms with Crippen molar-refractivity contribution in [3.63, 3.8) is 0 Å². The van der Waals surface area contributed by atoms with E-state index in [0.717, 1.165) is 28.8 Å². The van der Waals surface area contributed by atoms with Crippen LogP contribution in [0.3, 0.4) is 0 Å². The maximum Gasteiger partial charge on any atom is 0.354 e. The van der Waals surface area contributed by atoms with Crippen molar-refractivity contribution in [3.05, 3.63) is 64.7 Å². The number of phenolic OH excluding ortho intramolecular Hbond substituents is 1. The zero-order valence-corrected chi connectivity index (χ0v) is 19.5. The second kappa shape index (κ2) is 9.05. The molecule has 0 atom stereocenters. The zero-order valence-electron chi connectivity index (χ0n) is 19.5. The van der Waals surface area contributed by atoms with Crippen molar-refractivity contribution in [1.29, 1.82) is 0 Å². The van der Waals surface area contributed by atoms with Gasteiger partial charge in [0.05, 0.1) is 13.2 Å². The van der Waals surface area contributed by atoms with Crippen LogP contribution in [0, 0.1) is 0 Å². The highest BCUT2D eigenvalue weighted by atomic mass is 16.5. The molecule has 0 bridgehead atoms. The van der Waals surface area contributed by atoms with Crippen molar-refractivity contribution in [2.24, 2.45) is 0 Å². The number of carbonyl (C=O) groups is 1. The number of benzene rings is 2. The number of ether oxygens (including phenoxy) is 1. The maximum absolute atomic E-state index is 12.2. The molecule has 0 radical (unpaired) electrons. The molecule has 0 amide bonds. The van der Waals surface area contributed by atoms with Crippen LogP contribution in [0.2, 0.25) is 0 Å². The smallest absolute Gasteiger partial charge is 0.354 e. The first-order valence-electron chi connectivity index (χ1n) is 12.0. The van der Waals surface area contributed by atoms with Gasteiger partial charge in [0.15, 0.2) is 0 Å². The lowest BCUT2D eigenvalue weighted by Crippen LogP contribution is -2.37. The molecule has 0 unspecified atom stereocenters. The molecule has 180 valence electrons. The Kier molecular flexibility index (Phi) is 5.58. The van der Waals surface area contributed by atoms with E-state index in [1.165, 1.54) is 0 Å². The Hall–Kier alpha value is -4.30. The van der Waals surface area contributed by atoms with Gasteiger partial charge in [-0.3, -0.25) is 0 Å². The largest absolute Gasteiger partial charge is 0.508 e. The number of aromatic carboxylic acids is 1. The second-order valence-electron chi connectivity index (χ2n) is 8.87. The highest BCUT2D eigenvalue weighted by Crippen LogP contribution is 2.34. The van der Waals surface area contributed by atoms with Gasteiger partial charge < -0.3 is 19.8 Å².